The highest BCUT2D eigenvalue weighted by Crippen LogP contribution is 2.30. The summed E-state index contributed by atoms with van der Waals surface area (Å²) in [6, 6.07) is 0. The zero-order valence-electron chi connectivity index (χ0n) is 6.90. The largest absolute Gasteiger partial charge is 0.138 e. The van der Waals surface area contributed by atoms with E-state index in [-0.39, 0.29) is 5.54 Å². The lowest BCUT2D eigenvalue weighted by molar-refractivity contribution is 0.266. The number of nitrogens with zero attached hydrogens (tertiary/aromatic N) is 1. The van der Waals surface area contributed by atoms with Crippen LogP contribution in [0.3, 0.4) is 0 Å². The molecule has 1 aliphatic carbocycles. The Morgan fingerprint density at radius 2 is 1.80 bits per heavy atom. The molecular formula is C9H17N. The van der Waals surface area contributed by atoms with E-state index in [9.17, 15) is 5.73 Å². The van der Waals surface area contributed by atoms with Gasteiger partial charge in [-0.3, -0.25) is 0 Å². The second-order valence-corrected chi connectivity index (χ2v) is 3.54. The van der Waals surface area contributed by atoms with Crippen LogP contribution >= 0.6 is 0 Å². The van der Waals surface area contributed by atoms with Gasteiger partial charge in [0.15, 0.2) is 0 Å². The molecule has 1 saturated carbocycles. The van der Waals surface area contributed by atoms with Crippen LogP contribution < -0.4 is 5.73 Å². The Balaban J connectivity index is 2.32. The number of hydrogen-bond donors (Lipinski definition) is 0. The lowest BCUT2D eigenvalue weighted by Crippen LogP contribution is -2.32. The highest BCUT2D eigenvalue weighted by molar-refractivity contribution is 4.85. The fourth-order valence-electron chi connectivity index (χ4n) is 1.93. The van der Waals surface area contributed by atoms with Gasteiger partial charge in [-0.05, 0) is 19.3 Å². The van der Waals surface area contributed by atoms with Crippen molar-refractivity contribution in [1.82, 2.24) is 5.73 Å². The molecule has 10 heavy (non-hydrogen) atoms. The Morgan fingerprint density at radius 1 is 1.20 bits per heavy atom. The zero-order valence-corrected chi connectivity index (χ0v) is 6.90. The fraction of sp³-hybridized carbons (Fsp3) is 1.00. The molecule has 0 aromatic heterocycles. The highest BCUT2D eigenvalue weighted by Gasteiger charge is 2.28. The normalized spacial score (nSPS) is 24.6. The topological polar surface area (TPSA) is 22.3 Å². The van der Waals surface area contributed by atoms with Gasteiger partial charge in [0.25, 0.3) is 0 Å². The van der Waals surface area contributed by atoms with Crippen LogP contribution in [0.2, 0.25) is 0 Å². The van der Waals surface area contributed by atoms with Crippen LogP contribution in [0.15, 0.2) is 0 Å². The van der Waals surface area contributed by atoms with Crippen molar-refractivity contribution in [3.05, 3.63) is 0 Å². The molecule has 0 saturated heterocycles. The molecule has 1 fully saturated rings. The Kier molecular flexibility index (Phi) is 2.72. The van der Waals surface area contributed by atoms with Crippen LogP contribution in [-0.4, -0.2) is 5.54 Å². The number of rotatable bonds is 2. The molecule has 1 heteroatoms. The lowest BCUT2D eigenvalue weighted by atomic mass is 9.80. The van der Waals surface area contributed by atoms with Gasteiger partial charge in [0.05, 0.1) is 5.54 Å². The van der Waals surface area contributed by atoms with Gasteiger partial charge in [-0.2, -0.15) is 0 Å². The number of hydrogen-bond acceptors (Lipinski definition) is 0. The van der Waals surface area contributed by atoms with Crippen molar-refractivity contribution in [3.63, 3.8) is 0 Å². The molecule has 0 amide bonds. The first kappa shape index (κ1) is 8.06. The van der Waals surface area contributed by atoms with Crippen LogP contribution in [0.1, 0.15) is 51.9 Å². The summed E-state index contributed by atoms with van der Waals surface area (Å²) in [5, 5.41) is 0. The summed E-state index contributed by atoms with van der Waals surface area (Å²) >= 11 is 0. The van der Waals surface area contributed by atoms with Crippen molar-refractivity contribution in [2.45, 2.75) is 57.4 Å². The predicted molar refractivity (Wildman–Crippen MR) is 42.9 cm³/mol. The van der Waals surface area contributed by atoms with Crippen molar-refractivity contribution in [1.29, 1.82) is 0 Å². The van der Waals surface area contributed by atoms with E-state index in [2.05, 4.69) is 6.92 Å². The maximum absolute atomic E-state index is 9.87. The van der Waals surface area contributed by atoms with Crippen LogP contribution in [0.5, 0.6) is 0 Å². The summed E-state index contributed by atoms with van der Waals surface area (Å²) in [4.78, 5) is 0. The molecule has 0 aliphatic heterocycles. The fourth-order valence-corrected chi connectivity index (χ4v) is 1.93. The van der Waals surface area contributed by atoms with Crippen molar-refractivity contribution < 1.29 is 0 Å². The summed E-state index contributed by atoms with van der Waals surface area (Å²) < 4.78 is 0. The van der Waals surface area contributed by atoms with E-state index in [0.29, 0.717) is 0 Å². The predicted octanol–water partition coefficient (Wildman–Crippen LogP) is 2.56. The molecule has 0 aromatic rings. The van der Waals surface area contributed by atoms with Gasteiger partial charge < -0.3 is 0 Å². The molecule has 0 atom stereocenters. The first-order valence-electron chi connectivity index (χ1n) is 4.49. The van der Waals surface area contributed by atoms with E-state index in [0.717, 1.165) is 25.7 Å². The van der Waals surface area contributed by atoms with E-state index >= 15 is 0 Å². The van der Waals surface area contributed by atoms with Gasteiger partial charge in [0.1, 0.15) is 0 Å². The molecule has 0 heterocycles. The molecule has 0 spiro atoms. The Bertz CT molecular complexity index is 87.4. The SMILES string of the molecule is CCCC1([N])CCCCC1. The summed E-state index contributed by atoms with van der Waals surface area (Å²) in [5.74, 6) is 0. The van der Waals surface area contributed by atoms with E-state index in [1.54, 1.807) is 0 Å². The summed E-state index contributed by atoms with van der Waals surface area (Å²) in [6.07, 6.45) is 8.00. The minimum atomic E-state index is -0.271. The quantitative estimate of drug-likeness (QED) is 0.561. The van der Waals surface area contributed by atoms with Gasteiger partial charge in [-0.1, -0.05) is 32.6 Å². The Morgan fingerprint density at radius 3 is 2.30 bits per heavy atom. The molecular weight excluding hydrogens is 122 g/mol. The molecule has 58 valence electrons. The smallest absolute Gasteiger partial charge is 0.0543 e. The van der Waals surface area contributed by atoms with E-state index in [1.807, 2.05) is 0 Å². The zero-order chi connectivity index (χ0) is 7.45. The Labute approximate surface area is 64.0 Å². The Hall–Kier alpha value is -0.0400. The van der Waals surface area contributed by atoms with Gasteiger partial charge in [-0.25, -0.2) is 0 Å². The maximum atomic E-state index is 9.87. The molecule has 0 bridgehead atoms. The van der Waals surface area contributed by atoms with Crippen LogP contribution in [-0.2, 0) is 0 Å². The van der Waals surface area contributed by atoms with E-state index in [1.165, 1.54) is 19.3 Å². The molecule has 1 rings (SSSR count). The van der Waals surface area contributed by atoms with Gasteiger partial charge in [-0.15, -0.1) is 5.73 Å². The van der Waals surface area contributed by atoms with Crippen molar-refractivity contribution in [3.8, 4) is 0 Å². The average Bonchev–Trinajstić information content (AvgIpc) is 1.89. The summed E-state index contributed by atoms with van der Waals surface area (Å²) in [5.41, 5.74) is 9.60. The minimum absolute atomic E-state index is 0.271. The molecule has 1 nitrogen and oxygen atoms in total. The average molecular weight is 139 g/mol. The molecule has 0 unspecified atom stereocenters. The highest BCUT2D eigenvalue weighted by atomic mass is 14.7. The third-order valence-corrected chi connectivity index (χ3v) is 2.50. The van der Waals surface area contributed by atoms with E-state index < -0.39 is 0 Å². The monoisotopic (exact) mass is 139 g/mol. The molecule has 0 aromatic carbocycles. The molecule has 0 N–H and O–H groups in total. The second kappa shape index (κ2) is 3.38. The third-order valence-electron chi connectivity index (χ3n) is 2.50. The maximum Gasteiger partial charge on any atom is 0.0543 e. The molecule has 1 aliphatic rings. The van der Waals surface area contributed by atoms with Crippen LogP contribution in [0.25, 0.3) is 0 Å². The van der Waals surface area contributed by atoms with Gasteiger partial charge in [0.2, 0.25) is 0 Å². The van der Waals surface area contributed by atoms with Gasteiger partial charge >= 0.3 is 0 Å². The van der Waals surface area contributed by atoms with Crippen molar-refractivity contribution in [2.24, 2.45) is 0 Å². The van der Waals surface area contributed by atoms with Crippen molar-refractivity contribution in [2.75, 3.05) is 0 Å². The van der Waals surface area contributed by atoms with Crippen molar-refractivity contribution >= 4 is 0 Å². The van der Waals surface area contributed by atoms with Crippen LogP contribution in [0, 0.1) is 0 Å². The second-order valence-electron chi connectivity index (χ2n) is 3.54. The summed E-state index contributed by atoms with van der Waals surface area (Å²) in [7, 11) is 0. The first-order chi connectivity index (χ1) is 4.77. The van der Waals surface area contributed by atoms with E-state index in [4.69, 9.17) is 0 Å². The van der Waals surface area contributed by atoms with Crippen LogP contribution in [0.4, 0.5) is 0 Å². The minimum Gasteiger partial charge on any atom is -0.138 e. The standard InChI is InChI=1S/C9H17N/c1-2-6-9(10)7-4-3-5-8-9/h2-8H2,1H3. The third kappa shape index (κ3) is 1.98. The first-order valence-corrected chi connectivity index (χ1v) is 4.49. The molecule has 2 radical (unpaired) electrons. The van der Waals surface area contributed by atoms with Gasteiger partial charge in [0, 0.05) is 0 Å². The summed E-state index contributed by atoms with van der Waals surface area (Å²) in [6.45, 7) is 2.15. The lowest BCUT2D eigenvalue weighted by Gasteiger charge is -2.30.